The van der Waals surface area contributed by atoms with Gasteiger partial charge in [-0.15, -0.1) is 0 Å². The third-order valence-electron chi connectivity index (χ3n) is 4.19. The number of esters is 1. The van der Waals surface area contributed by atoms with Gasteiger partial charge in [0.05, 0.1) is 12.7 Å². The van der Waals surface area contributed by atoms with Gasteiger partial charge in [0.2, 0.25) is 5.91 Å². The molecule has 0 unspecified atom stereocenters. The zero-order valence-electron chi connectivity index (χ0n) is 13.6. The molecule has 0 radical (unpaired) electrons. The van der Waals surface area contributed by atoms with Crippen molar-refractivity contribution in [1.82, 2.24) is 0 Å². The molecule has 1 aromatic rings. The van der Waals surface area contributed by atoms with Crippen LogP contribution in [0.4, 0.5) is 5.69 Å². The van der Waals surface area contributed by atoms with Gasteiger partial charge >= 0.3 is 5.97 Å². The van der Waals surface area contributed by atoms with Gasteiger partial charge in [0.1, 0.15) is 0 Å². The number of carbonyl (C=O) groups excluding carboxylic acids is 2. The highest BCUT2D eigenvalue weighted by Crippen LogP contribution is 2.30. The fourth-order valence-electron chi connectivity index (χ4n) is 2.92. The first-order valence-electron chi connectivity index (χ1n) is 8.19. The predicted molar refractivity (Wildman–Crippen MR) is 87.2 cm³/mol. The summed E-state index contributed by atoms with van der Waals surface area (Å²) in [6.07, 6.45) is 7.19. The van der Waals surface area contributed by atoms with E-state index in [0.717, 1.165) is 30.5 Å². The average Bonchev–Trinajstić information content (AvgIpc) is 2.96. The normalized spacial score (nSPS) is 13.1. The van der Waals surface area contributed by atoms with Gasteiger partial charge in [-0.1, -0.05) is 32.6 Å². The lowest BCUT2D eigenvalue weighted by Crippen LogP contribution is -2.28. The lowest BCUT2D eigenvalue weighted by molar-refractivity contribution is -0.118. The standard InChI is InChI=1S/C18H25NO3/c1-3-4-5-6-7-8-17(20)19-12-11-14-13-15(18(21)22-2)9-10-16(14)19/h9-10,13H,3-8,11-12H2,1-2H3. The smallest absolute Gasteiger partial charge is 0.337 e. The molecular formula is C18H25NO3. The molecule has 0 N–H and O–H groups in total. The minimum atomic E-state index is -0.330. The average molecular weight is 303 g/mol. The van der Waals surface area contributed by atoms with E-state index in [-0.39, 0.29) is 11.9 Å². The van der Waals surface area contributed by atoms with E-state index in [9.17, 15) is 9.59 Å². The van der Waals surface area contributed by atoms with E-state index in [2.05, 4.69) is 6.92 Å². The molecule has 0 aliphatic carbocycles. The van der Waals surface area contributed by atoms with Gasteiger partial charge < -0.3 is 9.64 Å². The number of benzene rings is 1. The molecule has 22 heavy (non-hydrogen) atoms. The Morgan fingerprint density at radius 1 is 1.18 bits per heavy atom. The quantitative estimate of drug-likeness (QED) is 0.569. The van der Waals surface area contributed by atoms with Crippen molar-refractivity contribution >= 4 is 17.6 Å². The Morgan fingerprint density at radius 3 is 2.68 bits per heavy atom. The Morgan fingerprint density at radius 2 is 1.95 bits per heavy atom. The summed E-state index contributed by atoms with van der Waals surface area (Å²) in [5, 5.41) is 0. The number of unbranched alkanes of at least 4 members (excludes halogenated alkanes) is 4. The third-order valence-corrected chi connectivity index (χ3v) is 4.19. The first kappa shape index (κ1) is 16.5. The largest absolute Gasteiger partial charge is 0.465 e. The van der Waals surface area contributed by atoms with Crippen LogP contribution in [0.25, 0.3) is 0 Å². The maximum Gasteiger partial charge on any atom is 0.337 e. The van der Waals surface area contributed by atoms with Crippen LogP contribution in [0.3, 0.4) is 0 Å². The molecular weight excluding hydrogens is 278 g/mol. The number of amides is 1. The number of methoxy groups -OCH3 is 1. The maximum absolute atomic E-state index is 12.4. The Balaban J connectivity index is 1.94. The first-order chi connectivity index (χ1) is 10.7. The lowest BCUT2D eigenvalue weighted by Gasteiger charge is -2.17. The predicted octanol–water partition coefficient (Wildman–Crippen LogP) is 3.72. The number of hydrogen-bond donors (Lipinski definition) is 0. The molecule has 1 aromatic carbocycles. The number of rotatable bonds is 7. The molecule has 0 saturated carbocycles. The van der Waals surface area contributed by atoms with Gasteiger partial charge in [-0.3, -0.25) is 4.79 Å². The summed E-state index contributed by atoms with van der Waals surface area (Å²) in [5.41, 5.74) is 2.56. The van der Waals surface area contributed by atoms with Gasteiger partial charge in [-0.05, 0) is 36.6 Å². The van der Waals surface area contributed by atoms with Crippen molar-refractivity contribution in [3.63, 3.8) is 0 Å². The van der Waals surface area contributed by atoms with Crippen molar-refractivity contribution < 1.29 is 14.3 Å². The minimum absolute atomic E-state index is 0.195. The Kier molecular flexibility index (Phi) is 5.99. The zero-order chi connectivity index (χ0) is 15.9. The summed E-state index contributed by atoms with van der Waals surface area (Å²) in [4.78, 5) is 25.8. The molecule has 0 saturated heterocycles. The molecule has 0 bridgehead atoms. The van der Waals surface area contributed by atoms with Crippen molar-refractivity contribution in [3.8, 4) is 0 Å². The fraction of sp³-hybridized carbons (Fsp3) is 0.556. The monoisotopic (exact) mass is 303 g/mol. The van der Waals surface area contributed by atoms with Crippen molar-refractivity contribution in [2.45, 2.75) is 51.9 Å². The Bertz CT molecular complexity index is 539. The first-order valence-corrected chi connectivity index (χ1v) is 8.19. The molecule has 1 aliphatic heterocycles. The molecule has 4 heteroatoms. The van der Waals surface area contributed by atoms with Crippen LogP contribution >= 0.6 is 0 Å². The summed E-state index contributed by atoms with van der Waals surface area (Å²) in [6, 6.07) is 5.44. The number of ether oxygens (including phenoxy) is 1. The van der Waals surface area contributed by atoms with Crippen LogP contribution in [0.1, 0.15) is 61.4 Å². The molecule has 2 rings (SSSR count). The summed E-state index contributed by atoms with van der Waals surface area (Å²) < 4.78 is 4.74. The molecule has 1 heterocycles. The fourth-order valence-corrected chi connectivity index (χ4v) is 2.92. The molecule has 1 aliphatic rings. The molecule has 0 aromatic heterocycles. The van der Waals surface area contributed by atoms with Crippen molar-refractivity contribution in [2.24, 2.45) is 0 Å². The number of carbonyl (C=O) groups is 2. The topological polar surface area (TPSA) is 46.6 Å². The van der Waals surface area contributed by atoms with Crippen LogP contribution in [0.15, 0.2) is 18.2 Å². The van der Waals surface area contributed by atoms with Crippen LogP contribution in [-0.4, -0.2) is 25.5 Å². The van der Waals surface area contributed by atoms with Crippen LogP contribution in [0, 0.1) is 0 Å². The number of nitrogens with zero attached hydrogens (tertiary/aromatic N) is 1. The Labute approximate surface area is 132 Å². The van der Waals surface area contributed by atoms with Crippen molar-refractivity contribution in [3.05, 3.63) is 29.3 Å². The van der Waals surface area contributed by atoms with Gasteiger partial charge in [0.25, 0.3) is 0 Å². The van der Waals surface area contributed by atoms with Gasteiger partial charge in [0, 0.05) is 18.7 Å². The maximum atomic E-state index is 12.4. The van der Waals surface area contributed by atoms with E-state index < -0.39 is 0 Å². The van der Waals surface area contributed by atoms with Gasteiger partial charge in [-0.2, -0.15) is 0 Å². The number of anilines is 1. The highest BCUT2D eigenvalue weighted by molar-refractivity contribution is 5.97. The summed E-state index contributed by atoms with van der Waals surface area (Å²) in [6.45, 7) is 2.91. The molecule has 0 spiro atoms. The van der Waals surface area contributed by atoms with E-state index >= 15 is 0 Å². The highest BCUT2D eigenvalue weighted by Gasteiger charge is 2.25. The van der Waals surface area contributed by atoms with E-state index in [1.165, 1.54) is 26.4 Å². The van der Waals surface area contributed by atoms with Crippen molar-refractivity contribution in [1.29, 1.82) is 0 Å². The van der Waals surface area contributed by atoms with Crippen LogP contribution < -0.4 is 4.90 Å². The van der Waals surface area contributed by atoms with Gasteiger partial charge in [0.15, 0.2) is 0 Å². The van der Waals surface area contributed by atoms with Crippen LogP contribution in [-0.2, 0) is 16.0 Å². The van der Waals surface area contributed by atoms with E-state index in [1.807, 2.05) is 17.0 Å². The van der Waals surface area contributed by atoms with Crippen LogP contribution in [0.2, 0.25) is 0 Å². The number of fused-ring (bicyclic) bond motifs is 1. The Hall–Kier alpha value is -1.84. The SMILES string of the molecule is CCCCCCCC(=O)N1CCc2cc(C(=O)OC)ccc21. The second-order valence-electron chi connectivity index (χ2n) is 5.79. The van der Waals surface area contributed by atoms with Gasteiger partial charge in [-0.25, -0.2) is 4.79 Å². The summed E-state index contributed by atoms with van der Waals surface area (Å²) in [7, 11) is 1.38. The zero-order valence-corrected chi connectivity index (χ0v) is 13.6. The third kappa shape index (κ3) is 3.87. The highest BCUT2D eigenvalue weighted by atomic mass is 16.5. The number of hydrogen-bond acceptors (Lipinski definition) is 3. The second-order valence-corrected chi connectivity index (χ2v) is 5.79. The van der Waals surface area contributed by atoms with E-state index in [0.29, 0.717) is 18.5 Å². The van der Waals surface area contributed by atoms with E-state index in [1.54, 1.807) is 6.07 Å². The minimum Gasteiger partial charge on any atom is -0.465 e. The van der Waals surface area contributed by atoms with Crippen LogP contribution in [0.5, 0.6) is 0 Å². The summed E-state index contributed by atoms with van der Waals surface area (Å²) >= 11 is 0. The molecule has 1 amide bonds. The van der Waals surface area contributed by atoms with E-state index in [4.69, 9.17) is 4.74 Å². The molecule has 4 nitrogen and oxygen atoms in total. The second kappa shape index (κ2) is 7.97. The molecule has 0 fully saturated rings. The van der Waals surface area contributed by atoms with Crippen molar-refractivity contribution in [2.75, 3.05) is 18.6 Å². The molecule has 120 valence electrons. The summed E-state index contributed by atoms with van der Waals surface area (Å²) in [5.74, 6) is -0.135. The lowest BCUT2D eigenvalue weighted by atomic mass is 10.1. The molecule has 0 atom stereocenters.